The van der Waals surface area contributed by atoms with Gasteiger partial charge in [0.2, 0.25) is 0 Å². The van der Waals surface area contributed by atoms with Crippen molar-refractivity contribution >= 4 is 28.5 Å². The zero-order chi connectivity index (χ0) is 21.8. The van der Waals surface area contributed by atoms with Gasteiger partial charge in [0.1, 0.15) is 11.4 Å². The Morgan fingerprint density at radius 2 is 1.97 bits per heavy atom. The Bertz CT molecular complexity index is 1100. The normalized spacial score (nSPS) is 18.2. The Balaban J connectivity index is 1.36. The summed E-state index contributed by atoms with van der Waals surface area (Å²) < 4.78 is 5.06. The number of nitrogens with one attached hydrogen (secondary N) is 1. The monoisotopic (exact) mass is 422 g/mol. The van der Waals surface area contributed by atoms with E-state index in [4.69, 9.17) is 9.84 Å². The van der Waals surface area contributed by atoms with Crippen LogP contribution in [-0.2, 0) is 4.79 Å². The number of benzene rings is 1. The van der Waals surface area contributed by atoms with E-state index in [1.807, 2.05) is 12.1 Å². The number of carbonyl (C=O) groups excluding carboxylic acids is 1. The van der Waals surface area contributed by atoms with Gasteiger partial charge in [-0.3, -0.25) is 14.8 Å². The fraction of sp³-hybridized carbons (Fsp3) is 0.273. The summed E-state index contributed by atoms with van der Waals surface area (Å²) in [4.78, 5) is 33.6. The number of nitrogens with zero attached hydrogens (tertiary/aromatic N) is 3. The number of ether oxygens (including phenoxy) is 1. The molecule has 0 aliphatic carbocycles. The van der Waals surface area contributed by atoms with E-state index in [0.717, 1.165) is 16.6 Å². The molecule has 31 heavy (non-hydrogen) atoms. The van der Waals surface area contributed by atoms with Gasteiger partial charge < -0.3 is 25.2 Å². The number of β-amino-alcohol motifs (C(OH)–C–C–N with tert-alkyl or cyclic N) is 1. The van der Waals surface area contributed by atoms with Crippen LogP contribution in [-0.4, -0.2) is 63.9 Å². The predicted octanol–water partition coefficient (Wildman–Crippen LogP) is 1.46. The van der Waals surface area contributed by atoms with Crippen molar-refractivity contribution in [1.29, 1.82) is 0 Å². The number of carboxylic acids is 1. The standard InChI is InChI=1S/C22H22N4O5/c27-20(28)12-31-16-3-1-15(2-4-16)21(29)25-13-22(30)7-10-26(14-22)19-6-9-24-18-5-8-23-11-17(18)19/h1-6,8-9,11,30H,7,10,12-14H2,(H,25,29)(H,27,28). The zero-order valence-electron chi connectivity index (χ0n) is 16.7. The first kappa shape index (κ1) is 20.5. The second-order valence-electron chi connectivity index (χ2n) is 7.51. The number of carboxylic acid groups (broad SMARTS) is 1. The minimum absolute atomic E-state index is 0.112. The molecule has 1 aromatic carbocycles. The Morgan fingerprint density at radius 3 is 2.74 bits per heavy atom. The lowest BCUT2D eigenvalue weighted by Crippen LogP contribution is -2.45. The SMILES string of the molecule is O=C(O)COc1ccc(C(=O)NCC2(O)CCN(c3ccnc4ccncc34)C2)cc1. The first-order chi connectivity index (χ1) is 14.9. The van der Waals surface area contributed by atoms with Gasteiger partial charge in [0.05, 0.1) is 5.52 Å². The van der Waals surface area contributed by atoms with Crippen LogP contribution < -0.4 is 15.0 Å². The zero-order valence-corrected chi connectivity index (χ0v) is 16.7. The molecule has 1 aliphatic heterocycles. The highest BCUT2D eigenvalue weighted by molar-refractivity contribution is 5.94. The van der Waals surface area contributed by atoms with E-state index in [1.54, 1.807) is 30.7 Å². The van der Waals surface area contributed by atoms with E-state index < -0.39 is 18.2 Å². The number of hydrogen-bond donors (Lipinski definition) is 3. The summed E-state index contributed by atoms with van der Waals surface area (Å²) in [7, 11) is 0. The lowest BCUT2D eigenvalue weighted by atomic mass is 10.0. The topological polar surface area (TPSA) is 125 Å². The summed E-state index contributed by atoms with van der Waals surface area (Å²) in [5, 5.41) is 23.3. The molecule has 1 aliphatic rings. The molecule has 1 unspecified atom stereocenters. The molecule has 0 spiro atoms. The first-order valence-electron chi connectivity index (χ1n) is 9.82. The molecule has 9 heteroatoms. The molecule has 1 atom stereocenters. The highest BCUT2D eigenvalue weighted by Gasteiger charge is 2.37. The molecule has 3 aromatic rings. The lowest BCUT2D eigenvalue weighted by Gasteiger charge is -2.25. The molecular weight excluding hydrogens is 400 g/mol. The summed E-state index contributed by atoms with van der Waals surface area (Å²) in [5.41, 5.74) is 1.13. The van der Waals surface area contributed by atoms with Crippen molar-refractivity contribution in [2.45, 2.75) is 12.0 Å². The highest BCUT2D eigenvalue weighted by atomic mass is 16.5. The molecule has 1 amide bonds. The third-order valence-electron chi connectivity index (χ3n) is 5.25. The Kier molecular flexibility index (Phi) is 5.68. The van der Waals surface area contributed by atoms with Gasteiger partial charge in [-0.1, -0.05) is 0 Å². The van der Waals surface area contributed by atoms with Crippen molar-refractivity contribution < 1.29 is 24.5 Å². The van der Waals surface area contributed by atoms with E-state index in [1.165, 1.54) is 12.1 Å². The highest BCUT2D eigenvalue weighted by Crippen LogP contribution is 2.31. The van der Waals surface area contributed by atoms with E-state index in [-0.39, 0.29) is 12.5 Å². The second-order valence-corrected chi connectivity index (χ2v) is 7.51. The third-order valence-corrected chi connectivity index (χ3v) is 5.25. The van der Waals surface area contributed by atoms with E-state index >= 15 is 0 Å². The van der Waals surface area contributed by atoms with Crippen LogP contribution in [0.5, 0.6) is 5.75 Å². The molecule has 2 aromatic heterocycles. The van der Waals surface area contributed by atoms with Crippen LogP contribution in [0.15, 0.2) is 55.0 Å². The van der Waals surface area contributed by atoms with Crippen molar-refractivity contribution in [2.24, 2.45) is 0 Å². The second kappa shape index (κ2) is 8.57. The summed E-state index contributed by atoms with van der Waals surface area (Å²) in [6, 6.07) is 9.92. The minimum atomic E-state index is -1.07. The number of aliphatic hydroxyl groups is 1. The molecule has 1 fully saturated rings. The molecular formula is C22H22N4O5. The van der Waals surface area contributed by atoms with Gasteiger partial charge >= 0.3 is 5.97 Å². The molecule has 4 rings (SSSR count). The number of pyridine rings is 2. The quantitative estimate of drug-likeness (QED) is 0.523. The van der Waals surface area contributed by atoms with Crippen LogP contribution in [0.4, 0.5) is 5.69 Å². The lowest BCUT2D eigenvalue weighted by molar-refractivity contribution is -0.139. The summed E-state index contributed by atoms with van der Waals surface area (Å²) in [6.45, 7) is 0.692. The fourth-order valence-corrected chi connectivity index (χ4v) is 3.65. The molecule has 3 heterocycles. The Hall–Kier alpha value is -3.72. The Labute approximate surface area is 178 Å². The molecule has 9 nitrogen and oxygen atoms in total. The number of aromatic nitrogens is 2. The van der Waals surface area contributed by atoms with Crippen LogP contribution >= 0.6 is 0 Å². The van der Waals surface area contributed by atoms with E-state index in [2.05, 4.69) is 20.2 Å². The predicted molar refractivity (Wildman–Crippen MR) is 113 cm³/mol. The van der Waals surface area contributed by atoms with Gasteiger partial charge in [0, 0.05) is 54.9 Å². The van der Waals surface area contributed by atoms with Gasteiger partial charge in [0.25, 0.3) is 5.91 Å². The maximum absolute atomic E-state index is 12.5. The maximum Gasteiger partial charge on any atom is 0.341 e. The average molecular weight is 422 g/mol. The van der Waals surface area contributed by atoms with Crippen molar-refractivity contribution in [3.05, 3.63) is 60.6 Å². The van der Waals surface area contributed by atoms with Crippen LogP contribution in [0.3, 0.4) is 0 Å². The largest absolute Gasteiger partial charge is 0.482 e. The first-order valence-corrected chi connectivity index (χ1v) is 9.82. The van der Waals surface area contributed by atoms with Crippen molar-refractivity contribution in [3.63, 3.8) is 0 Å². The van der Waals surface area contributed by atoms with Gasteiger partial charge in [0.15, 0.2) is 6.61 Å². The van der Waals surface area contributed by atoms with Gasteiger partial charge in [-0.25, -0.2) is 4.79 Å². The molecule has 0 radical (unpaired) electrons. The summed E-state index contributed by atoms with van der Waals surface area (Å²) in [5.74, 6) is -1.03. The van der Waals surface area contributed by atoms with Crippen LogP contribution in [0.25, 0.3) is 10.9 Å². The van der Waals surface area contributed by atoms with Crippen LogP contribution in [0.1, 0.15) is 16.8 Å². The third kappa shape index (κ3) is 4.72. The van der Waals surface area contributed by atoms with Gasteiger partial charge in [-0.05, 0) is 42.8 Å². The van der Waals surface area contributed by atoms with Gasteiger partial charge in [-0.2, -0.15) is 0 Å². The maximum atomic E-state index is 12.5. The fourth-order valence-electron chi connectivity index (χ4n) is 3.65. The number of fused-ring (bicyclic) bond motifs is 1. The number of anilines is 1. The number of amides is 1. The number of rotatable bonds is 7. The summed E-state index contributed by atoms with van der Waals surface area (Å²) >= 11 is 0. The van der Waals surface area contributed by atoms with E-state index in [9.17, 15) is 14.7 Å². The van der Waals surface area contributed by atoms with Crippen LogP contribution in [0.2, 0.25) is 0 Å². The number of aliphatic carboxylic acids is 1. The van der Waals surface area contributed by atoms with Crippen LogP contribution in [0, 0.1) is 0 Å². The van der Waals surface area contributed by atoms with Crippen molar-refractivity contribution in [1.82, 2.24) is 15.3 Å². The molecule has 160 valence electrons. The smallest absolute Gasteiger partial charge is 0.341 e. The van der Waals surface area contributed by atoms with Crippen molar-refractivity contribution in [3.8, 4) is 5.75 Å². The van der Waals surface area contributed by atoms with Crippen molar-refractivity contribution in [2.75, 3.05) is 31.1 Å². The Morgan fingerprint density at radius 1 is 1.16 bits per heavy atom. The molecule has 0 saturated carbocycles. The minimum Gasteiger partial charge on any atom is -0.482 e. The number of carbonyl (C=O) groups is 2. The number of hydrogen-bond acceptors (Lipinski definition) is 7. The summed E-state index contributed by atoms with van der Waals surface area (Å²) in [6.07, 6.45) is 5.71. The van der Waals surface area contributed by atoms with E-state index in [0.29, 0.717) is 30.8 Å². The molecule has 0 bridgehead atoms. The average Bonchev–Trinajstić information content (AvgIpc) is 3.18. The molecule has 3 N–H and O–H groups in total. The molecule has 1 saturated heterocycles. The van der Waals surface area contributed by atoms with Gasteiger partial charge in [-0.15, -0.1) is 0 Å².